The van der Waals surface area contributed by atoms with Crippen LogP contribution in [0.15, 0.2) is 71.8 Å². The Balaban J connectivity index is 1.51. The Labute approximate surface area is 179 Å². The van der Waals surface area contributed by atoms with Crippen LogP contribution < -0.4 is 15.6 Å². The van der Waals surface area contributed by atoms with Crippen LogP contribution in [0, 0.1) is 5.92 Å². The molecule has 0 unspecified atom stereocenters. The van der Waals surface area contributed by atoms with E-state index < -0.39 is 0 Å². The van der Waals surface area contributed by atoms with Gasteiger partial charge in [0.05, 0.1) is 11.4 Å². The maximum Gasteiger partial charge on any atom is 0.274 e. The van der Waals surface area contributed by atoms with Gasteiger partial charge in [-0.1, -0.05) is 44.2 Å². The molecule has 158 valence electrons. The standard InChI is InChI=1S/C23H23N5O3/c1-16(2)13-27-15-24-23-25-18(12-21(29)28(23)27)14-31-20-11-7-6-10-19(20)26-22(30)17-8-4-3-5-9-17/h3-12,15-16H,13-14H2,1-2H3,(H,26,30). The van der Waals surface area contributed by atoms with Crippen molar-refractivity contribution in [1.29, 1.82) is 0 Å². The molecule has 8 heteroatoms. The van der Waals surface area contributed by atoms with E-state index in [-0.39, 0.29) is 18.1 Å². The zero-order valence-corrected chi connectivity index (χ0v) is 17.4. The van der Waals surface area contributed by atoms with E-state index in [0.29, 0.717) is 40.9 Å². The summed E-state index contributed by atoms with van der Waals surface area (Å²) in [5, 5.41) is 2.86. The number of amides is 1. The van der Waals surface area contributed by atoms with Crippen LogP contribution in [0.2, 0.25) is 0 Å². The quantitative estimate of drug-likeness (QED) is 0.498. The highest BCUT2D eigenvalue weighted by Gasteiger charge is 2.12. The normalized spacial score (nSPS) is 11.1. The van der Waals surface area contributed by atoms with E-state index >= 15 is 0 Å². The van der Waals surface area contributed by atoms with Crippen LogP contribution in [0.5, 0.6) is 5.75 Å². The minimum absolute atomic E-state index is 0.0704. The molecule has 31 heavy (non-hydrogen) atoms. The van der Waals surface area contributed by atoms with Gasteiger partial charge in [-0.25, -0.2) is 4.98 Å². The lowest BCUT2D eigenvalue weighted by Crippen LogP contribution is -2.23. The van der Waals surface area contributed by atoms with E-state index in [0.717, 1.165) is 0 Å². The number of aromatic nitrogens is 4. The highest BCUT2D eigenvalue weighted by molar-refractivity contribution is 6.04. The van der Waals surface area contributed by atoms with Gasteiger partial charge in [-0.3, -0.25) is 14.3 Å². The van der Waals surface area contributed by atoms with E-state index in [1.54, 1.807) is 47.4 Å². The number of fused-ring (bicyclic) bond motifs is 1. The van der Waals surface area contributed by atoms with Crippen LogP contribution in [-0.2, 0) is 13.2 Å². The predicted octanol–water partition coefficient (Wildman–Crippen LogP) is 3.38. The van der Waals surface area contributed by atoms with Crippen LogP contribution in [0.1, 0.15) is 29.9 Å². The van der Waals surface area contributed by atoms with Crippen molar-refractivity contribution in [2.45, 2.75) is 27.0 Å². The molecule has 0 bridgehead atoms. The molecule has 0 spiro atoms. The SMILES string of the molecule is CC(C)Cn1cnc2nc(COc3ccccc3NC(=O)c3ccccc3)cc(=O)n21. The summed E-state index contributed by atoms with van der Waals surface area (Å²) in [5.41, 5.74) is 1.33. The summed E-state index contributed by atoms with van der Waals surface area (Å²) in [7, 11) is 0. The minimum Gasteiger partial charge on any atom is -0.485 e. The van der Waals surface area contributed by atoms with Gasteiger partial charge in [-0.05, 0) is 30.2 Å². The molecule has 0 atom stereocenters. The van der Waals surface area contributed by atoms with Crippen molar-refractivity contribution < 1.29 is 9.53 Å². The first-order chi connectivity index (χ1) is 15.0. The van der Waals surface area contributed by atoms with Crippen molar-refractivity contribution in [2.75, 3.05) is 5.32 Å². The van der Waals surface area contributed by atoms with Crippen molar-refractivity contribution in [2.24, 2.45) is 5.92 Å². The molecular formula is C23H23N5O3. The van der Waals surface area contributed by atoms with Gasteiger partial charge in [0, 0.05) is 18.2 Å². The van der Waals surface area contributed by atoms with Gasteiger partial charge < -0.3 is 10.1 Å². The third kappa shape index (κ3) is 4.63. The van der Waals surface area contributed by atoms with Gasteiger partial charge in [0.25, 0.3) is 17.2 Å². The first kappa shape index (κ1) is 20.3. The first-order valence-electron chi connectivity index (χ1n) is 10.0. The van der Waals surface area contributed by atoms with Crippen molar-refractivity contribution in [3.8, 4) is 5.75 Å². The Kier molecular flexibility index (Phi) is 5.79. The van der Waals surface area contributed by atoms with Gasteiger partial charge in [0.2, 0.25) is 0 Å². The van der Waals surface area contributed by atoms with Crippen LogP contribution >= 0.6 is 0 Å². The predicted molar refractivity (Wildman–Crippen MR) is 117 cm³/mol. The fourth-order valence-electron chi connectivity index (χ4n) is 3.21. The molecule has 0 radical (unpaired) electrons. The summed E-state index contributed by atoms with van der Waals surface area (Å²) in [6.07, 6.45) is 1.61. The number of benzene rings is 2. The van der Waals surface area contributed by atoms with Gasteiger partial charge in [0.1, 0.15) is 18.7 Å². The molecule has 1 N–H and O–H groups in total. The number of para-hydroxylation sites is 2. The summed E-state index contributed by atoms with van der Waals surface area (Å²) >= 11 is 0. The number of carbonyl (C=O) groups is 1. The van der Waals surface area contributed by atoms with Crippen LogP contribution in [-0.4, -0.2) is 25.1 Å². The second-order valence-corrected chi connectivity index (χ2v) is 7.56. The van der Waals surface area contributed by atoms with E-state index in [4.69, 9.17) is 4.74 Å². The first-order valence-corrected chi connectivity index (χ1v) is 10.0. The Morgan fingerprint density at radius 2 is 1.84 bits per heavy atom. The highest BCUT2D eigenvalue weighted by Crippen LogP contribution is 2.25. The fourth-order valence-corrected chi connectivity index (χ4v) is 3.21. The number of nitrogens with zero attached hydrogens (tertiary/aromatic N) is 4. The summed E-state index contributed by atoms with van der Waals surface area (Å²) in [6, 6.07) is 17.5. The molecule has 2 aromatic heterocycles. The lowest BCUT2D eigenvalue weighted by atomic mass is 10.2. The third-order valence-electron chi connectivity index (χ3n) is 4.59. The molecule has 1 amide bonds. The van der Waals surface area contributed by atoms with Crippen molar-refractivity contribution in [3.63, 3.8) is 0 Å². The topological polar surface area (TPSA) is 90.5 Å². The highest BCUT2D eigenvalue weighted by atomic mass is 16.5. The molecular weight excluding hydrogens is 394 g/mol. The number of anilines is 1. The molecule has 0 saturated carbocycles. The molecule has 2 aromatic carbocycles. The molecule has 0 aliphatic heterocycles. The van der Waals surface area contributed by atoms with Crippen LogP contribution in [0.25, 0.3) is 5.78 Å². The van der Waals surface area contributed by atoms with E-state index in [1.807, 2.05) is 18.2 Å². The molecule has 4 aromatic rings. The van der Waals surface area contributed by atoms with Crippen LogP contribution in [0.3, 0.4) is 0 Å². The monoisotopic (exact) mass is 417 g/mol. The van der Waals surface area contributed by atoms with E-state index in [2.05, 4.69) is 29.1 Å². The lowest BCUT2D eigenvalue weighted by Gasteiger charge is -2.12. The van der Waals surface area contributed by atoms with Crippen LogP contribution in [0.4, 0.5) is 5.69 Å². The van der Waals surface area contributed by atoms with E-state index in [9.17, 15) is 9.59 Å². The smallest absolute Gasteiger partial charge is 0.274 e. The largest absolute Gasteiger partial charge is 0.485 e. The number of hydrogen-bond donors (Lipinski definition) is 1. The Hall–Kier alpha value is -3.94. The number of hydrogen-bond acceptors (Lipinski definition) is 5. The zero-order valence-electron chi connectivity index (χ0n) is 17.4. The second kappa shape index (κ2) is 8.83. The average Bonchev–Trinajstić information content (AvgIpc) is 3.16. The maximum atomic E-state index is 12.6. The molecule has 0 saturated heterocycles. The molecule has 0 aliphatic carbocycles. The zero-order chi connectivity index (χ0) is 21.8. The number of carbonyl (C=O) groups excluding carboxylic acids is 1. The summed E-state index contributed by atoms with van der Waals surface area (Å²) < 4.78 is 9.09. The second-order valence-electron chi connectivity index (χ2n) is 7.56. The number of nitrogens with one attached hydrogen (secondary N) is 1. The summed E-state index contributed by atoms with van der Waals surface area (Å²) in [5.74, 6) is 0.955. The van der Waals surface area contributed by atoms with Gasteiger partial charge >= 0.3 is 0 Å². The number of rotatable bonds is 7. The Bertz CT molecular complexity index is 1260. The Morgan fingerprint density at radius 3 is 2.61 bits per heavy atom. The lowest BCUT2D eigenvalue weighted by molar-refractivity contribution is 0.102. The Morgan fingerprint density at radius 1 is 1.10 bits per heavy atom. The van der Waals surface area contributed by atoms with E-state index in [1.165, 1.54) is 10.6 Å². The molecule has 2 heterocycles. The fraction of sp³-hybridized carbons (Fsp3) is 0.217. The minimum atomic E-state index is -0.231. The van der Waals surface area contributed by atoms with Gasteiger partial charge in [0.15, 0.2) is 0 Å². The maximum absolute atomic E-state index is 12.6. The number of ether oxygens (including phenoxy) is 1. The van der Waals surface area contributed by atoms with Crippen molar-refractivity contribution in [1.82, 2.24) is 19.2 Å². The summed E-state index contributed by atoms with van der Waals surface area (Å²) in [6.45, 7) is 4.88. The summed E-state index contributed by atoms with van der Waals surface area (Å²) in [4.78, 5) is 33.7. The molecule has 8 nitrogen and oxygen atoms in total. The van der Waals surface area contributed by atoms with Crippen molar-refractivity contribution in [3.05, 3.63) is 88.6 Å². The molecule has 0 aliphatic rings. The third-order valence-corrected chi connectivity index (χ3v) is 4.59. The van der Waals surface area contributed by atoms with Gasteiger partial charge in [-0.15, -0.1) is 0 Å². The average molecular weight is 417 g/mol. The molecule has 0 fully saturated rings. The van der Waals surface area contributed by atoms with Gasteiger partial charge in [-0.2, -0.15) is 9.50 Å². The molecule has 4 rings (SSSR count). The van der Waals surface area contributed by atoms with Crippen molar-refractivity contribution >= 4 is 17.4 Å².